The van der Waals surface area contributed by atoms with Crippen LogP contribution >= 0.6 is 9.90 Å². The Morgan fingerprint density at radius 3 is 1.00 bits per heavy atom. The standard InChI is InChI=1S/Co.P.Sn.Zn. The molecule has 0 fully saturated rings. The zero-order chi connectivity index (χ0) is 0. The number of hydrogen-bond acceptors (Lipinski definition) is 0. The minimum atomic E-state index is 0. The van der Waals surface area contributed by atoms with Crippen LogP contribution in [0.25, 0.3) is 0 Å². The maximum Gasteiger partial charge on any atom is 0 e. The Kier molecular flexibility index (Phi) is 150. The van der Waals surface area contributed by atoms with Gasteiger partial charge in [-0.15, -0.1) is 0 Å². The van der Waals surface area contributed by atoms with Crippen molar-refractivity contribution in [3.8, 4) is 0 Å². The quantitative estimate of drug-likeness (QED) is 0.445. The first-order valence-corrected chi connectivity index (χ1v) is 0. The van der Waals surface area contributed by atoms with E-state index in [0.717, 1.165) is 0 Å². The third kappa shape index (κ3) is 8.84. The second kappa shape index (κ2) is 18.3. The van der Waals surface area contributed by atoms with E-state index in [0.29, 0.717) is 0 Å². The van der Waals surface area contributed by atoms with Gasteiger partial charge in [0.05, 0.1) is 0 Å². The second-order valence-corrected chi connectivity index (χ2v) is 0. The largest absolute Gasteiger partial charge is 0 e. The van der Waals surface area contributed by atoms with Crippen LogP contribution < -0.4 is 0 Å². The Labute approximate surface area is 69.4 Å². The molecule has 0 unspecified atom stereocenters. The van der Waals surface area contributed by atoms with Crippen molar-refractivity contribution in [2.45, 2.75) is 0 Å². The van der Waals surface area contributed by atoms with Gasteiger partial charge < -0.3 is 0 Å². The van der Waals surface area contributed by atoms with E-state index in [2.05, 4.69) is 0 Å². The Bertz CT molecular complexity index is 8.00. The van der Waals surface area contributed by atoms with Crippen molar-refractivity contribution in [3.63, 3.8) is 0 Å². The summed E-state index contributed by atoms with van der Waals surface area (Å²) in [5.74, 6) is 0. The molecule has 0 aliphatic heterocycles. The Hall–Kier alpha value is 2.36. The van der Waals surface area contributed by atoms with Crippen LogP contribution in [-0.4, -0.2) is 23.9 Å². The average molecular weight is 274 g/mol. The summed E-state index contributed by atoms with van der Waals surface area (Å²) in [4.78, 5) is 0. The molecule has 4 heavy (non-hydrogen) atoms. The first-order valence-electron chi connectivity index (χ1n) is 0. The van der Waals surface area contributed by atoms with Crippen molar-refractivity contribution in [1.29, 1.82) is 0 Å². The van der Waals surface area contributed by atoms with Gasteiger partial charge in [0.15, 0.2) is 0 Å². The minimum Gasteiger partial charge on any atom is 0 e. The SMILES string of the molecule is [Co].[P].[Sn].[Zn]. The van der Waals surface area contributed by atoms with Crippen LogP contribution in [0, 0.1) is 0 Å². The molecule has 0 aliphatic rings. The molecule has 0 saturated carbocycles. The molecule has 0 amide bonds. The van der Waals surface area contributed by atoms with Crippen LogP contribution in [0.2, 0.25) is 0 Å². The maximum atomic E-state index is 0. The smallest absolute Gasteiger partial charge is 0 e. The van der Waals surface area contributed by atoms with Crippen LogP contribution in [0.3, 0.4) is 0 Å². The monoisotopic (exact) mass is 274 g/mol. The first kappa shape index (κ1) is 32.8. The fourth-order valence-corrected chi connectivity index (χ4v) is 0. The van der Waals surface area contributed by atoms with Gasteiger partial charge in [-0.3, -0.25) is 0 Å². The molecule has 8 radical (unpaired) electrons. The molecular weight excluding hydrogens is 274 g/mol. The average Bonchev–Trinajstić information content (AvgIpc) is 0. The van der Waals surface area contributed by atoms with Gasteiger partial charge in [-0.2, -0.15) is 0 Å². The van der Waals surface area contributed by atoms with Gasteiger partial charge in [0.1, 0.15) is 0 Å². The molecule has 0 spiro atoms. The van der Waals surface area contributed by atoms with E-state index >= 15 is 0 Å². The fourth-order valence-electron chi connectivity index (χ4n) is 0. The summed E-state index contributed by atoms with van der Waals surface area (Å²) in [7, 11) is 0. The molecule has 4 heteroatoms. The summed E-state index contributed by atoms with van der Waals surface area (Å²) < 4.78 is 0. The molecule has 0 nitrogen and oxygen atoms in total. The predicted molar refractivity (Wildman–Crippen MR) is 12.7 cm³/mol. The zero-order valence-corrected chi connectivity index (χ0v) is 9.74. The fraction of sp³-hybridized carbons (Fsp3) is 0. The summed E-state index contributed by atoms with van der Waals surface area (Å²) in [6.45, 7) is 0. The molecular formula is CoPSnZn. The maximum absolute atomic E-state index is 0. The second-order valence-electron chi connectivity index (χ2n) is 0. The van der Waals surface area contributed by atoms with Crippen molar-refractivity contribution in [2.24, 2.45) is 0 Å². The predicted octanol–water partition coefficient (Wildman–Crippen LogP) is 0.475. The summed E-state index contributed by atoms with van der Waals surface area (Å²) in [6.07, 6.45) is 0. The van der Waals surface area contributed by atoms with E-state index in [1.807, 2.05) is 0 Å². The van der Waals surface area contributed by atoms with Crippen molar-refractivity contribution in [1.82, 2.24) is 0 Å². The molecule has 0 aromatic rings. The molecule has 0 N–H and O–H groups in total. The molecule has 0 heterocycles. The van der Waals surface area contributed by atoms with Gasteiger partial charge in [0.25, 0.3) is 0 Å². The minimum absolute atomic E-state index is 0. The summed E-state index contributed by atoms with van der Waals surface area (Å²) in [5.41, 5.74) is 0. The van der Waals surface area contributed by atoms with Gasteiger partial charge in [-0.25, -0.2) is 0 Å². The topological polar surface area (TPSA) is 0 Å². The van der Waals surface area contributed by atoms with Crippen LogP contribution in [0.5, 0.6) is 0 Å². The van der Waals surface area contributed by atoms with E-state index in [4.69, 9.17) is 0 Å². The van der Waals surface area contributed by atoms with Gasteiger partial charge in [-0.1, -0.05) is 0 Å². The number of rotatable bonds is 0. The van der Waals surface area contributed by atoms with Gasteiger partial charge in [-0.05, 0) is 0 Å². The molecule has 0 saturated heterocycles. The summed E-state index contributed by atoms with van der Waals surface area (Å²) in [6, 6.07) is 0. The van der Waals surface area contributed by atoms with E-state index in [1.54, 1.807) is 0 Å². The molecule has 0 aromatic carbocycles. The molecule has 0 atom stereocenters. The van der Waals surface area contributed by atoms with Crippen LogP contribution in [0.15, 0.2) is 0 Å². The van der Waals surface area contributed by atoms with Crippen LogP contribution in [0.1, 0.15) is 0 Å². The third-order valence-electron chi connectivity index (χ3n) is 0. The Morgan fingerprint density at radius 2 is 1.00 bits per heavy atom. The zero-order valence-electron chi connectivity index (χ0n) is 1.99. The van der Waals surface area contributed by atoms with E-state index < -0.39 is 0 Å². The van der Waals surface area contributed by atoms with Gasteiger partial charge >= 0.3 is 0 Å². The van der Waals surface area contributed by atoms with E-state index in [1.165, 1.54) is 0 Å². The molecule has 20 valence electrons. The molecule has 0 aliphatic carbocycles. The first-order chi connectivity index (χ1) is 0. The molecule has 0 aromatic heterocycles. The van der Waals surface area contributed by atoms with Crippen LogP contribution in [0.4, 0.5) is 0 Å². The third-order valence-corrected chi connectivity index (χ3v) is 0. The van der Waals surface area contributed by atoms with Gasteiger partial charge in [0.2, 0.25) is 0 Å². The Balaban J connectivity index is 0. The number of hydrogen-bond donors (Lipinski definition) is 0. The molecule has 0 rings (SSSR count). The Morgan fingerprint density at radius 1 is 1.00 bits per heavy atom. The molecule has 0 bridgehead atoms. The van der Waals surface area contributed by atoms with E-state index in [9.17, 15) is 0 Å². The van der Waals surface area contributed by atoms with Crippen LogP contribution in [-0.2, 0) is 36.3 Å². The summed E-state index contributed by atoms with van der Waals surface area (Å²) >= 11 is 0. The van der Waals surface area contributed by atoms with E-state index in [-0.39, 0.29) is 70.1 Å². The summed E-state index contributed by atoms with van der Waals surface area (Å²) in [5, 5.41) is 0. The van der Waals surface area contributed by atoms with Crippen molar-refractivity contribution in [3.05, 3.63) is 0 Å². The van der Waals surface area contributed by atoms with Crippen molar-refractivity contribution in [2.75, 3.05) is 0 Å². The van der Waals surface area contributed by atoms with Crippen molar-refractivity contribution >= 4 is 33.8 Å². The van der Waals surface area contributed by atoms with Gasteiger partial charge in [0, 0.05) is 70.1 Å². The normalized spacial score (nSPS) is 0. The van der Waals surface area contributed by atoms with Crippen molar-refractivity contribution < 1.29 is 36.3 Å².